The number of hydrogen-bond donors (Lipinski definition) is 2. The van der Waals surface area contributed by atoms with Gasteiger partial charge in [0.25, 0.3) is 5.91 Å². The van der Waals surface area contributed by atoms with Crippen LogP contribution in [-0.2, 0) is 4.79 Å². The number of halogens is 1. The summed E-state index contributed by atoms with van der Waals surface area (Å²) in [5.74, 6) is 0.00364. The topological polar surface area (TPSA) is 58.2 Å². The molecule has 0 aliphatic rings. The van der Waals surface area contributed by atoms with Gasteiger partial charge in [-0.2, -0.15) is 0 Å². The van der Waals surface area contributed by atoms with Crippen LogP contribution >= 0.6 is 11.6 Å². The second-order valence-corrected chi connectivity index (χ2v) is 7.62. The van der Waals surface area contributed by atoms with Gasteiger partial charge in [0, 0.05) is 28.0 Å². The molecule has 3 rings (SSSR count). The maximum Gasteiger partial charge on any atom is 0.255 e. The van der Waals surface area contributed by atoms with Gasteiger partial charge in [-0.05, 0) is 65.6 Å². The highest BCUT2D eigenvalue weighted by Crippen LogP contribution is 2.17. The van der Waals surface area contributed by atoms with Crippen molar-refractivity contribution in [2.45, 2.75) is 19.8 Å². The van der Waals surface area contributed by atoms with Crippen LogP contribution in [0.4, 0.5) is 11.4 Å². The first-order chi connectivity index (χ1) is 14.4. The second kappa shape index (κ2) is 9.90. The van der Waals surface area contributed by atoms with Crippen LogP contribution in [0.5, 0.6) is 0 Å². The van der Waals surface area contributed by atoms with Crippen molar-refractivity contribution >= 4 is 40.9 Å². The third-order valence-corrected chi connectivity index (χ3v) is 4.76. The molecule has 2 N–H and O–H groups in total. The Kier molecular flexibility index (Phi) is 7.04. The molecule has 0 saturated heterocycles. The molecule has 0 aliphatic carbocycles. The average molecular weight is 419 g/mol. The van der Waals surface area contributed by atoms with Gasteiger partial charge in [-0.15, -0.1) is 0 Å². The number of carbonyl (C=O) groups is 2. The second-order valence-electron chi connectivity index (χ2n) is 7.19. The Bertz CT molecular complexity index is 1060. The van der Waals surface area contributed by atoms with E-state index in [0.29, 0.717) is 27.9 Å². The molecule has 3 aromatic carbocycles. The fourth-order valence-electron chi connectivity index (χ4n) is 2.82. The molecule has 0 atom stereocenters. The summed E-state index contributed by atoms with van der Waals surface area (Å²) >= 11 is 5.92. The van der Waals surface area contributed by atoms with Crippen LogP contribution < -0.4 is 10.6 Å². The van der Waals surface area contributed by atoms with Crippen LogP contribution in [-0.4, -0.2) is 11.8 Å². The molecule has 4 nitrogen and oxygen atoms in total. The van der Waals surface area contributed by atoms with E-state index in [1.807, 2.05) is 12.1 Å². The first-order valence-corrected chi connectivity index (χ1v) is 10.0. The number of carbonyl (C=O) groups excluding carboxylic acids is 2. The molecule has 0 bridgehead atoms. The zero-order chi connectivity index (χ0) is 21.5. The maximum atomic E-state index is 12.3. The van der Waals surface area contributed by atoms with Crippen LogP contribution in [0.15, 0.2) is 78.9 Å². The SMILES string of the molecule is CC(C)c1ccc(/C=C/C(=O)Nc2ccc(NC(=O)c3cccc(Cl)c3)cc2)cc1. The van der Waals surface area contributed by atoms with Crippen LogP contribution in [0.3, 0.4) is 0 Å². The van der Waals surface area contributed by atoms with Crippen molar-refractivity contribution in [1.82, 2.24) is 0 Å². The molecule has 30 heavy (non-hydrogen) atoms. The predicted octanol–water partition coefficient (Wildman–Crippen LogP) is 6.37. The predicted molar refractivity (Wildman–Crippen MR) is 124 cm³/mol. The number of amides is 2. The first kappa shape index (κ1) is 21.3. The monoisotopic (exact) mass is 418 g/mol. The lowest BCUT2D eigenvalue weighted by Gasteiger charge is -2.07. The van der Waals surface area contributed by atoms with Crippen LogP contribution in [0.25, 0.3) is 6.08 Å². The summed E-state index contributed by atoms with van der Waals surface area (Å²) in [6, 6.07) is 21.8. The molecule has 0 heterocycles. The molecular weight excluding hydrogens is 396 g/mol. The van der Waals surface area contributed by atoms with Gasteiger partial charge in [0.1, 0.15) is 0 Å². The standard InChI is InChI=1S/C25H23ClN2O2/c1-17(2)19-9-6-18(7-10-19)8-15-24(29)27-22-11-13-23(14-12-22)28-25(30)20-4-3-5-21(26)16-20/h3-17H,1-2H3,(H,27,29)(H,28,30)/b15-8+. The van der Waals surface area contributed by atoms with Crippen molar-refractivity contribution < 1.29 is 9.59 Å². The van der Waals surface area contributed by atoms with Crippen molar-refractivity contribution in [2.24, 2.45) is 0 Å². The smallest absolute Gasteiger partial charge is 0.255 e. The maximum absolute atomic E-state index is 12.3. The molecule has 152 valence electrons. The third-order valence-electron chi connectivity index (χ3n) is 4.53. The number of rotatable bonds is 6. The van der Waals surface area contributed by atoms with E-state index in [2.05, 4.69) is 36.6 Å². The van der Waals surface area contributed by atoms with Gasteiger partial charge in [-0.1, -0.05) is 55.8 Å². The Morgan fingerprint density at radius 1 is 0.867 bits per heavy atom. The van der Waals surface area contributed by atoms with Crippen molar-refractivity contribution in [1.29, 1.82) is 0 Å². The Balaban J connectivity index is 1.55. The minimum atomic E-state index is -0.249. The minimum Gasteiger partial charge on any atom is -0.323 e. The lowest BCUT2D eigenvalue weighted by atomic mass is 10.0. The highest BCUT2D eigenvalue weighted by Gasteiger charge is 2.07. The number of anilines is 2. The molecular formula is C25H23ClN2O2. The van der Waals surface area contributed by atoms with Gasteiger partial charge in [-0.3, -0.25) is 9.59 Å². The lowest BCUT2D eigenvalue weighted by molar-refractivity contribution is -0.111. The van der Waals surface area contributed by atoms with Crippen molar-refractivity contribution in [3.05, 3.63) is 101 Å². The van der Waals surface area contributed by atoms with E-state index in [1.54, 1.807) is 54.6 Å². The van der Waals surface area contributed by atoms with E-state index < -0.39 is 0 Å². The quantitative estimate of drug-likeness (QED) is 0.457. The summed E-state index contributed by atoms with van der Waals surface area (Å²) in [4.78, 5) is 24.4. The molecule has 0 fully saturated rings. The molecule has 0 saturated carbocycles. The van der Waals surface area contributed by atoms with Gasteiger partial charge < -0.3 is 10.6 Å². The summed E-state index contributed by atoms with van der Waals surface area (Å²) in [6.45, 7) is 4.29. The van der Waals surface area contributed by atoms with E-state index in [0.717, 1.165) is 5.56 Å². The summed E-state index contributed by atoms with van der Waals surface area (Å²) in [5, 5.41) is 6.11. The van der Waals surface area contributed by atoms with E-state index in [-0.39, 0.29) is 11.8 Å². The van der Waals surface area contributed by atoms with Crippen molar-refractivity contribution in [2.75, 3.05) is 10.6 Å². The van der Waals surface area contributed by atoms with Gasteiger partial charge in [0.15, 0.2) is 0 Å². The molecule has 0 aliphatic heterocycles. The van der Waals surface area contributed by atoms with Crippen LogP contribution in [0.1, 0.15) is 41.3 Å². The molecule has 0 radical (unpaired) electrons. The Morgan fingerprint density at radius 3 is 2.10 bits per heavy atom. The highest BCUT2D eigenvalue weighted by molar-refractivity contribution is 6.31. The fraction of sp³-hybridized carbons (Fsp3) is 0.120. The van der Waals surface area contributed by atoms with Gasteiger partial charge >= 0.3 is 0 Å². The van der Waals surface area contributed by atoms with E-state index >= 15 is 0 Å². The zero-order valence-corrected chi connectivity index (χ0v) is 17.6. The molecule has 3 aromatic rings. The Labute approximate surface area is 181 Å². The number of benzene rings is 3. The van der Waals surface area contributed by atoms with Gasteiger partial charge in [0.05, 0.1) is 0 Å². The lowest BCUT2D eigenvalue weighted by Crippen LogP contribution is -2.12. The summed E-state index contributed by atoms with van der Waals surface area (Å²) in [6.07, 6.45) is 3.28. The normalized spacial score (nSPS) is 10.9. The molecule has 0 spiro atoms. The van der Waals surface area contributed by atoms with E-state index in [9.17, 15) is 9.59 Å². The first-order valence-electron chi connectivity index (χ1n) is 9.67. The van der Waals surface area contributed by atoms with E-state index in [1.165, 1.54) is 11.6 Å². The number of nitrogens with one attached hydrogen (secondary N) is 2. The molecule has 5 heteroatoms. The van der Waals surface area contributed by atoms with Gasteiger partial charge in [-0.25, -0.2) is 0 Å². The Hall–Kier alpha value is -3.37. The van der Waals surface area contributed by atoms with E-state index in [4.69, 9.17) is 11.6 Å². The third kappa shape index (κ3) is 6.06. The van der Waals surface area contributed by atoms with Gasteiger partial charge in [0.2, 0.25) is 5.91 Å². The molecule has 2 amide bonds. The summed E-state index contributed by atoms with van der Waals surface area (Å²) in [7, 11) is 0. The number of hydrogen-bond acceptors (Lipinski definition) is 2. The summed E-state index contributed by atoms with van der Waals surface area (Å²) < 4.78 is 0. The van der Waals surface area contributed by atoms with Crippen molar-refractivity contribution in [3.63, 3.8) is 0 Å². The van der Waals surface area contributed by atoms with Crippen molar-refractivity contribution in [3.8, 4) is 0 Å². The largest absolute Gasteiger partial charge is 0.323 e. The van der Waals surface area contributed by atoms with Crippen LogP contribution in [0.2, 0.25) is 5.02 Å². The zero-order valence-electron chi connectivity index (χ0n) is 16.9. The molecule has 0 aromatic heterocycles. The molecule has 0 unspecified atom stereocenters. The highest BCUT2D eigenvalue weighted by atomic mass is 35.5. The summed E-state index contributed by atoms with van der Waals surface area (Å²) in [5.41, 5.74) is 3.97. The Morgan fingerprint density at radius 2 is 1.50 bits per heavy atom. The minimum absolute atomic E-state index is 0.223. The fourth-order valence-corrected chi connectivity index (χ4v) is 3.01. The average Bonchev–Trinajstić information content (AvgIpc) is 2.74. The van der Waals surface area contributed by atoms with Crippen LogP contribution in [0, 0.1) is 0 Å².